The number of carboxylic acid groups (broad SMARTS) is 1. The Hall–Kier alpha value is -1.72. The maximum Gasteiger partial charge on any atom is 0.418 e. The number of carboxylic acids is 1. The molecule has 0 aliphatic heterocycles. The maximum atomic E-state index is 13.2. The van der Waals surface area contributed by atoms with E-state index in [0.717, 1.165) is 6.42 Å². The van der Waals surface area contributed by atoms with Crippen molar-refractivity contribution in [2.45, 2.75) is 33.4 Å². The minimum atomic E-state index is -4.58. The van der Waals surface area contributed by atoms with Crippen LogP contribution in [0.4, 0.5) is 18.9 Å². The average Bonchev–Trinajstić information content (AvgIpc) is 2.42. The number of benzene rings is 1. The molecule has 0 heterocycles. The summed E-state index contributed by atoms with van der Waals surface area (Å²) in [7, 11) is 0. The molecule has 1 aromatic carbocycles. The van der Waals surface area contributed by atoms with Gasteiger partial charge in [-0.2, -0.15) is 13.2 Å². The van der Waals surface area contributed by atoms with Crippen molar-refractivity contribution in [2.24, 2.45) is 5.92 Å². The predicted octanol–water partition coefficient (Wildman–Crippen LogP) is 4.28. The van der Waals surface area contributed by atoms with Crippen LogP contribution < -0.4 is 4.90 Å². The van der Waals surface area contributed by atoms with Gasteiger partial charge in [0.15, 0.2) is 0 Å². The molecule has 1 aromatic rings. The smallest absolute Gasteiger partial charge is 0.418 e. The highest BCUT2D eigenvalue weighted by Gasteiger charge is 2.35. The van der Waals surface area contributed by atoms with Crippen LogP contribution in [0.25, 0.3) is 0 Å². The van der Waals surface area contributed by atoms with E-state index < -0.39 is 17.7 Å². The SMILES string of the molecule is CCC(C)CN(CC)c1ccc(C(=O)O)cc1C(F)(F)F. The summed E-state index contributed by atoms with van der Waals surface area (Å²) in [4.78, 5) is 12.5. The molecular weight excluding hydrogens is 283 g/mol. The van der Waals surface area contributed by atoms with Gasteiger partial charge >= 0.3 is 12.1 Å². The second kappa shape index (κ2) is 6.83. The summed E-state index contributed by atoms with van der Waals surface area (Å²) in [5.41, 5.74) is -1.21. The van der Waals surface area contributed by atoms with Crippen molar-refractivity contribution in [3.05, 3.63) is 29.3 Å². The van der Waals surface area contributed by atoms with Gasteiger partial charge in [0.25, 0.3) is 0 Å². The Bertz CT molecular complexity index is 500. The van der Waals surface area contributed by atoms with Crippen molar-refractivity contribution >= 4 is 11.7 Å². The van der Waals surface area contributed by atoms with Gasteiger partial charge in [0.2, 0.25) is 0 Å². The van der Waals surface area contributed by atoms with Crippen LogP contribution in [0.1, 0.15) is 43.1 Å². The van der Waals surface area contributed by atoms with Crippen LogP contribution in [-0.4, -0.2) is 24.2 Å². The number of hydrogen-bond acceptors (Lipinski definition) is 2. The van der Waals surface area contributed by atoms with Crippen molar-refractivity contribution in [3.8, 4) is 0 Å². The molecular formula is C15H20F3NO2. The summed E-state index contributed by atoms with van der Waals surface area (Å²) in [5.74, 6) is -1.11. The molecule has 0 spiro atoms. The third kappa shape index (κ3) is 4.37. The minimum absolute atomic E-state index is 0.0373. The molecule has 6 heteroatoms. The molecule has 0 aliphatic rings. The summed E-state index contributed by atoms with van der Waals surface area (Å²) in [6, 6.07) is 3.17. The minimum Gasteiger partial charge on any atom is -0.478 e. The Labute approximate surface area is 122 Å². The fraction of sp³-hybridized carbons (Fsp3) is 0.533. The Balaban J connectivity index is 3.29. The predicted molar refractivity (Wildman–Crippen MR) is 75.7 cm³/mol. The summed E-state index contributed by atoms with van der Waals surface area (Å²) >= 11 is 0. The van der Waals surface area contributed by atoms with E-state index in [1.165, 1.54) is 12.1 Å². The fourth-order valence-corrected chi connectivity index (χ4v) is 2.07. The summed E-state index contributed by atoms with van der Waals surface area (Å²) in [6.45, 7) is 6.67. The molecule has 0 radical (unpaired) electrons. The normalized spacial score (nSPS) is 13.0. The zero-order valence-electron chi connectivity index (χ0n) is 12.4. The topological polar surface area (TPSA) is 40.5 Å². The number of hydrogen-bond donors (Lipinski definition) is 1. The molecule has 3 nitrogen and oxygen atoms in total. The molecule has 1 rings (SSSR count). The maximum absolute atomic E-state index is 13.2. The molecule has 0 bridgehead atoms. The first kappa shape index (κ1) is 17.3. The van der Waals surface area contributed by atoms with E-state index in [1.807, 2.05) is 13.8 Å². The highest BCUT2D eigenvalue weighted by molar-refractivity contribution is 5.88. The van der Waals surface area contributed by atoms with Crippen LogP contribution in [0.15, 0.2) is 18.2 Å². The molecule has 21 heavy (non-hydrogen) atoms. The number of halogens is 3. The van der Waals surface area contributed by atoms with E-state index in [2.05, 4.69) is 0 Å². The number of alkyl halides is 3. The largest absolute Gasteiger partial charge is 0.478 e. The summed E-state index contributed by atoms with van der Waals surface area (Å²) < 4.78 is 39.6. The van der Waals surface area contributed by atoms with Gasteiger partial charge in [0, 0.05) is 18.8 Å². The standard InChI is InChI=1S/C15H20F3NO2/c1-4-10(3)9-19(5-2)13-7-6-11(14(20)21)8-12(13)15(16,17)18/h6-8,10H,4-5,9H2,1-3H3,(H,20,21). The second-order valence-electron chi connectivity index (χ2n) is 5.09. The molecule has 0 saturated heterocycles. The monoisotopic (exact) mass is 303 g/mol. The Morgan fingerprint density at radius 1 is 1.33 bits per heavy atom. The van der Waals surface area contributed by atoms with Gasteiger partial charge in [-0.05, 0) is 31.0 Å². The van der Waals surface area contributed by atoms with Crippen LogP contribution in [0.2, 0.25) is 0 Å². The van der Waals surface area contributed by atoms with Crippen LogP contribution in [-0.2, 0) is 6.18 Å². The van der Waals surface area contributed by atoms with Gasteiger partial charge < -0.3 is 10.0 Å². The van der Waals surface area contributed by atoms with Gasteiger partial charge in [-0.3, -0.25) is 0 Å². The average molecular weight is 303 g/mol. The van der Waals surface area contributed by atoms with E-state index in [9.17, 15) is 18.0 Å². The first-order valence-electron chi connectivity index (χ1n) is 6.90. The lowest BCUT2D eigenvalue weighted by Crippen LogP contribution is -2.30. The zero-order chi connectivity index (χ0) is 16.2. The van der Waals surface area contributed by atoms with Gasteiger partial charge in [-0.25, -0.2) is 4.79 Å². The number of nitrogens with zero attached hydrogens (tertiary/aromatic N) is 1. The first-order chi connectivity index (χ1) is 9.70. The van der Waals surface area contributed by atoms with E-state index in [1.54, 1.807) is 11.8 Å². The van der Waals surface area contributed by atoms with Crippen LogP contribution in [0.5, 0.6) is 0 Å². The zero-order valence-corrected chi connectivity index (χ0v) is 12.4. The molecule has 0 saturated carbocycles. The van der Waals surface area contributed by atoms with Crippen molar-refractivity contribution < 1.29 is 23.1 Å². The molecule has 1 atom stereocenters. The highest BCUT2D eigenvalue weighted by Crippen LogP contribution is 2.37. The van der Waals surface area contributed by atoms with Crippen LogP contribution in [0, 0.1) is 5.92 Å². The van der Waals surface area contributed by atoms with E-state index in [4.69, 9.17) is 5.11 Å². The number of anilines is 1. The lowest BCUT2D eigenvalue weighted by atomic mass is 10.0. The molecule has 1 unspecified atom stereocenters. The third-order valence-electron chi connectivity index (χ3n) is 3.50. The Kier molecular flexibility index (Phi) is 5.63. The van der Waals surface area contributed by atoms with Crippen LogP contribution >= 0.6 is 0 Å². The molecule has 0 fully saturated rings. The van der Waals surface area contributed by atoms with E-state index in [0.29, 0.717) is 19.2 Å². The fourth-order valence-electron chi connectivity index (χ4n) is 2.07. The molecule has 0 aromatic heterocycles. The lowest BCUT2D eigenvalue weighted by molar-refractivity contribution is -0.137. The number of rotatable bonds is 6. The number of carbonyl (C=O) groups is 1. The van der Waals surface area contributed by atoms with Crippen molar-refractivity contribution in [2.75, 3.05) is 18.0 Å². The lowest BCUT2D eigenvalue weighted by Gasteiger charge is -2.29. The van der Waals surface area contributed by atoms with E-state index in [-0.39, 0.29) is 17.2 Å². The Morgan fingerprint density at radius 3 is 2.38 bits per heavy atom. The Morgan fingerprint density at radius 2 is 1.95 bits per heavy atom. The van der Waals surface area contributed by atoms with Gasteiger partial charge in [0.1, 0.15) is 0 Å². The molecule has 0 amide bonds. The van der Waals surface area contributed by atoms with Crippen molar-refractivity contribution in [3.63, 3.8) is 0 Å². The van der Waals surface area contributed by atoms with E-state index >= 15 is 0 Å². The first-order valence-corrected chi connectivity index (χ1v) is 6.90. The van der Waals surface area contributed by atoms with Crippen molar-refractivity contribution in [1.29, 1.82) is 0 Å². The van der Waals surface area contributed by atoms with Gasteiger partial charge in [-0.1, -0.05) is 20.3 Å². The number of aromatic carboxylic acids is 1. The van der Waals surface area contributed by atoms with Gasteiger partial charge in [0.05, 0.1) is 11.1 Å². The molecule has 0 aliphatic carbocycles. The third-order valence-corrected chi connectivity index (χ3v) is 3.50. The second-order valence-corrected chi connectivity index (χ2v) is 5.09. The van der Waals surface area contributed by atoms with Crippen LogP contribution in [0.3, 0.4) is 0 Å². The molecule has 1 N–H and O–H groups in total. The van der Waals surface area contributed by atoms with Gasteiger partial charge in [-0.15, -0.1) is 0 Å². The quantitative estimate of drug-likeness (QED) is 0.853. The molecule has 118 valence electrons. The highest BCUT2D eigenvalue weighted by atomic mass is 19.4. The summed E-state index contributed by atoms with van der Waals surface area (Å²) in [6.07, 6.45) is -3.71. The van der Waals surface area contributed by atoms with Crippen molar-refractivity contribution in [1.82, 2.24) is 0 Å². The summed E-state index contributed by atoms with van der Waals surface area (Å²) in [5, 5.41) is 8.86.